The van der Waals surface area contributed by atoms with E-state index in [0.29, 0.717) is 29.8 Å². The van der Waals surface area contributed by atoms with E-state index in [0.717, 1.165) is 5.56 Å². The first-order chi connectivity index (χ1) is 18.3. The average Bonchev–Trinajstić information content (AvgIpc) is 3.13. The maximum Gasteiger partial charge on any atom is 0.258 e. The zero-order valence-corrected chi connectivity index (χ0v) is 22.1. The molecule has 5 aliphatic rings. The lowest BCUT2D eigenvalue weighted by molar-refractivity contribution is -0.189. The number of benzene rings is 1. The Labute approximate surface area is 224 Å². The molecule has 2 aromatic rings. The number of carbonyl (C=O) groups is 1. The second kappa shape index (κ2) is 7.62. The number of Topliss-reactive ketones (excluding diaryl/α,β-unsaturated/α-hetero) is 1. The van der Waals surface area contributed by atoms with Crippen molar-refractivity contribution in [3.63, 3.8) is 0 Å². The molecule has 5 aliphatic carbocycles. The van der Waals surface area contributed by atoms with Gasteiger partial charge in [-0.25, -0.2) is 17.9 Å². The lowest BCUT2D eigenvalue weighted by atomic mass is 9.45. The van der Waals surface area contributed by atoms with Crippen molar-refractivity contribution in [2.75, 3.05) is 6.61 Å². The molecule has 6 unspecified atom stereocenters. The van der Waals surface area contributed by atoms with E-state index in [4.69, 9.17) is 0 Å². The average molecular weight is 543 g/mol. The van der Waals surface area contributed by atoms with E-state index in [-0.39, 0.29) is 12.2 Å². The monoisotopic (exact) mass is 542 g/mol. The molecular formula is C30H33F3N2O4. The molecule has 3 N–H and O–H groups in total. The number of aliphatic hydroxyl groups excluding tert-OH is 2. The van der Waals surface area contributed by atoms with Crippen molar-refractivity contribution in [2.24, 2.45) is 46.3 Å². The number of nitrogens with zero attached hydrogens (tertiary/aromatic N) is 2. The van der Waals surface area contributed by atoms with Crippen LogP contribution in [0, 0.1) is 52.2 Å². The molecule has 1 heterocycles. The molecule has 10 atom stereocenters. The fraction of sp³-hybridized carbons (Fsp3) is 0.600. The lowest BCUT2D eigenvalue weighted by Crippen LogP contribution is -2.63. The Morgan fingerprint density at radius 3 is 2.54 bits per heavy atom. The number of alkyl halides is 2. The van der Waals surface area contributed by atoms with Gasteiger partial charge in [0.25, 0.3) is 5.92 Å². The largest absolute Gasteiger partial charge is 0.393 e. The van der Waals surface area contributed by atoms with Gasteiger partial charge in [0, 0.05) is 11.3 Å². The van der Waals surface area contributed by atoms with Gasteiger partial charge in [-0.1, -0.05) is 26.3 Å². The van der Waals surface area contributed by atoms with Crippen molar-refractivity contribution < 1.29 is 33.3 Å². The number of ketones is 1. The summed E-state index contributed by atoms with van der Waals surface area (Å²) in [6.07, 6.45) is 3.42. The fourth-order valence-electron chi connectivity index (χ4n) is 9.92. The molecule has 0 aliphatic heterocycles. The molecule has 6 nitrogen and oxygen atoms in total. The normalized spacial score (nSPS) is 44.8. The second-order valence-electron chi connectivity index (χ2n) is 13.2. The Balaban J connectivity index is 1.35. The third kappa shape index (κ3) is 2.89. The van der Waals surface area contributed by atoms with Crippen LogP contribution in [0.4, 0.5) is 13.2 Å². The van der Waals surface area contributed by atoms with Gasteiger partial charge in [-0.05, 0) is 84.3 Å². The highest BCUT2D eigenvalue weighted by molar-refractivity contribution is 5.90. The maximum absolute atomic E-state index is 15.9. The number of hydrogen-bond acceptors (Lipinski definition) is 5. The van der Waals surface area contributed by atoms with E-state index in [1.165, 1.54) is 12.1 Å². The SMILES string of the molecule is C[C@@H]1CC2C3C(C(O)CC2(C)[C@@]1(O)C(=O)CO)C1(C)Cc2cnn(-c4ccc(F)cc4)c2C=C1[C@@H]1[C@H]3C1(F)F. The molecule has 4 saturated carbocycles. The van der Waals surface area contributed by atoms with Crippen molar-refractivity contribution in [3.05, 3.63) is 53.1 Å². The van der Waals surface area contributed by atoms with Crippen LogP contribution in [0.5, 0.6) is 0 Å². The smallest absolute Gasteiger partial charge is 0.258 e. The Bertz CT molecular complexity index is 1420. The zero-order chi connectivity index (χ0) is 27.9. The van der Waals surface area contributed by atoms with E-state index in [9.17, 15) is 24.5 Å². The van der Waals surface area contributed by atoms with E-state index in [1.807, 2.05) is 13.0 Å². The standard InChI is InChI=1S/C30H33F3N2O4/c1-14-8-18-23-25(21(37)11-28(18,3)29(14,39)22(38)13-36)27(2)10-15-12-34-35(17-6-4-16(31)5-7-17)20(15)9-19(27)24-26(23)30(24,32)33/h4-7,9,12,14,18,21,23-26,36-37,39H,8,10-11,13H2,1-3H3/t14-,18?,21?,23?,24-,25?,26+,27?,28?,29+/m1/s1. The Morgan fingerprint density at radius 2 is 1.87 bits per heavy atom. The third-order valence-electron chi connectivity index (χ3n) is 11.6. The minimum absolute atomic E-state index is 0.0962. The van der Waals surface area contributed by atoms with Gasteiger partial charge in [-0.15, -0.1) is 0 Å². The first-order valence-corrected chi connectivity index (χ1v) is 13.8. The zero-order valence-electron chi connectivity index (χ0n) is 22.1. The van der Waals surface area contributed by atoms with Gasteiger partial charge >= 0.3 is 0 Å². The Kier molecular flexibility index (Phi) is 4.98. The van der Waals surface area contributed by atoms with Crippen molar-refractivity contribution in [3.8, 4) is 5.69 Å². The third-order valence-corrected chi connectivity index (χ3v) is 11.6. The van der Waals surface area contributed by atoms with Crippen LogP contribution in [0.3, 0.4) is 0 Å². The summed E-state index contributed by atoms with van der Waals surface area (Å²) in [7, 11) is 0. The Hall–Kier alpha value is -2.49. The van der Waals surface area contributed by atoms with Gasteiger partial charge in [0.15, 0.2) is 5.78 Å². The van der Waals surface area contributed by atoms with E-state index >= 15 is 8.78 Å². The molecule has 0 radical (unpaired) electrons. The van der Waals surface area contributed by atoms with Crippen molar-refractivity contribution >= 4 is 11.9 Å². The summed E-state index contributed by atoms with van der Waals surface area (Å²) >= 11 is 0. The molecule has 39 heavy (non-hydrogen) atoms. The maximum atomic E-state index is 15.9. The van der Waals surface area contributed by atoms with Crippen molar-refractivity contribution in [1.29, 1.82) is 0 Å². The first kappa shape index (κ1) is 25.5. The molecule has 9 heteroatoms. The van der Waals surface area contributed by atoms with Crippen molar-refractivity contribution in [2.45, 2.75) is 57.7 Å². The van der Waals surface area contributed by atoms with Gasteiger partial charge in [0.05, 0.1) is 29.6 Å². The predicted octanol–water partition coefficient (Wildman–Crippen LogP) is 3.80. The van der Waals surface area contributed by atoms with Crippen LogP contribution in [-0.4, -0.2) is 55.1 Å². The second-order valence-corrected chi connectivity index (χ2v) is 13.2. The number of fused-ring (bicyclic) bond motifs is 9. The minimum atomic E-state index is -2.98. The molecular weight excluding hydrogens is 509 g/mol. The quantitative estimate of drug-likeness (QED) is 0.549. The molecule has 0 bridgehead atoms. The number of halogens is 3. The van der Waals surface area contributed by atoms with E-state index < -0.39 is 76.4 Å². The molecule has 1 aromatic heterocycles. The summed E-state index contributed by atoms with van der Waals surface area (Å²) in [6, 6.07) is 5.87. The van der Waals surface area contributed by atoms with Crippen LogP contribution in [-0.2, 0) is 11.2 Å². The lowest BCUT2D eigenvalue weighted by Gasteiger charge is -2.60. The number of hydrogen-bond donors (Lipinski definition) is 3. The van der Waals surface area contributed by atoms with E-state index in [1.54, 1.807) is 36.9 Å². The topological polar surface area (TPSA) is 95.6 Å². The van der Waals surface area contributed by atoms with Gasteiger partial charge in [-0.2, -0.15) is 5.10 Å². The highest BCUT2D eigenvalue weighted by Gasteiger charge is 2.83. The van der Waals surface area contributed by atoms with Gasteiger partial charge in [0.1, 0.15) is 18.0 Å². The molecule has 4 fully saturated rings. The summed E-state index contributed by atoms with van der Waals surface area (Å²) in [5.74, 6) is -8.06. The summed E-state index contributed by atoms with van der Waals surface area (Å²) in [5, 5.41) is 37.7. The fourth-order valence-corrected chi connectivity index (χ4v) is 9.92. The van der Waals surface area contributed by atoms with Gasteiger partial charge in [0.2, 0.25) is 0 Å². The highest BCUT2D eigenvalue weighted by atomic mass is 19.3. The van der Waals surface area contributed by atoms with Crippen LogP contribution in [0.15, 0.2) is 36.0 Å². The summed E-state index contributed by atoms with van der Waals surface area (Å²) < 4.78 is 46.9. The van der Waals surface area contributed by atoms with Gasteiger partial charge in [-0.3, -0.25) is 4.79 Å². The van der Waals surface area contributed by atoms with Crippen LogP contribution < -0.4 is 0 Å². The molecule has 7 rings (SSSR count). The first-order valence-electron chi connectivity index (χ1n) is 13.8. The highest BCUT2D eigenvalue weighted by Crippen LogP contribution is 2.79. The van der Waals surface area contributed by atoms with Crippen LogP contribution >= 0.6 is 0 Å². The van der Waals surface area contributed by atoms with Crippen molar-refractivity contribution in [1.82, 2.24) is 9.78 Å². The number of rotatable bonds is 3. The summed E-state index contributed by atoms with van der Waals surface area (Å²) in [4.78, 5) is 12.9. The summed E-state index contributed by atoms with van der Waals surface area (Å²) in [6.45, 7) is 4.62. The molecule has 0 amide bonds. The molecule has 1 aromatic carbocycles. The minimum Gasteiger partial charge on any atom is -0.393 e. The number of carbonyl (C=O) groups excluding carboxylic acids is 1. The number of aliphatic hydroxyl groups is 3. The predicted molar refractivity (Wildman–Crippen MR) is 135 cm³/mol. The number of allylic oxidation sites excluding steroid dienone is 1. The van der Waals surface area contributed by atoms with Crippen LogP contribution in [0.25, 0.3) is 11.8 Å². The Morgan fingerprint density at radius 1 is 1.18 bits per heavy atom. The number of aromatic nitrogens is 2. The molecule has 208 valence electrons. The van der Waals surface area contributed by atoms with Gasteiger partial charge < -0.3 is 15.3 Å². The van der Waals surface area contributed by atoms with Crippen LogP contribution in [0.2, 0.25) is 0 Å². The molecule has 0 saturated heterocycles. The van der Waals surface area contributed by atoms with E-state index in [2.05, 4.69) is 5.10 Å². The molecule has 0 spiro atoms. The van der Waals surface area contributed by atoms with Crippen LogP contribution in [0.1, 0.15) is 44.9 Å². The summed E-state index contributed by atoms with van der Waals surface area (Å²) in [5.41, 5.74) is -0.953.